The van der Waals surface area contributed by atoms with Gasteiger partial charge in [0.2, 0.25) is 5.91 Å². The molecule has 1 atom stereocenters. The van der Waals surface area contributed by atoms with Crippen molar-refractivity contribution in [1.82, 2.24) is 20.2 Å². The minimum atomic E-state index is 0.0678. The fourth-order valence-corrected chi connectivity index (χ4v) is 3.38. The first-order valence-corrected chi connectivity index (χ1v) is 9.48. The normalized spacial score (nSPS) is 16.6. The third-order valence-electron chi connectivity index (χ3n) is 4.89. The van der Waals surface area contributed by atoms with Gasteiger partial charge in [-0.3, -0.25) is 9.79 Å². The molecule has 1 aliphatic heterocycles. The molecular formula is C20H28N6O. The van der Waals surface area contributed by atoms with Gasteiger partial charge in [-0.2, -0.15) is 0 Å². The van der Waals surface area contributed by atoms with Gasteiger partial charge in [-0.1, -0.05) is 18.2 Å². The second-order valence-corrected chi connectivity index (χ2v) is 6.79. The summed E-state index contributed by atoms with van der Waals surface area (Å²) < 4.78 is 2.17. The number of para-hydroxylation sites is 1. The zero-order valence-corrected chi connectivity index (χ0v) is 16.0. The molecule has 3 N–H and O–H groups in total. The average Bonchev–Trinajstić information content (AvgIpc) is 3.08. The van der Waals surface area contributed by atoms with Crippen molar-refractivity contribution >= 4 is 17.6 Å². The van der Waals surface area contributed by atoms with E-state index in [1.165, 1.54) is 5.56 Å². The van der Waals surface area contributed by atoms with E-state index in [1.54, 1.807) is 7.05 Å². The van der Waals surface area contributed by atoms with Gasteiger partial charge in [0.1, 0.15) is 5.82 Å². The average molecular weight is 368 g/mol. The van der Waals surface area contributed by atoms with E-state index in [9.17, 15) is 4.79 Å². The van der Waals surface area contributed by atoms with Gasteiger partial charge in [0, 0.05) is 57.1 Å². The molecule has 0 spiro atoms. The molecular weight excluding hydrogens is 340 g/mol. The lowest BCUT2D eigenvalue weighted by Crippen LogP contribution is -2.41. The van der Waals surface area contributed by atoms with Crippen LogP contribution in [0.5, 0.6) is 0 Å². The number of nitrogens with one attached hydrogen (secondary N) is 3. The van der Waals surface area contributed by atoms with Crippen LogP contribution in [-0.4, -0.2) is 41.6 Å². The van der Waals surface area contributed by atoms with E-state index in [4.69, 9.17) is 0 Å². The van der Waals surface area contributed by atoms with Crippen LogP contribution in [-0.2, 0) is 11.3 Å². The van der Waals surface area contributed by atoms with Gasteiger partial charge in [0.25, 0.3) is 0 Å². The van der Waals surface area contributed by atoms with Crippen LogP contribution in [0.1, 0.15) is 36.6 Å². The molecule has 0 aliphatic carbocycles. The maximum atomic E-state index is 11.9. The Kier molecular flexibility index (Phi) is 6.46. The molecule has 0 saturated heterocycles. The standard InChI is InChI=1S/C20H28N6O/c1-15-22-10-12-26(15)11-6-5-9-23-20(21-2)24-14-16-13-19(27)25-18-8-4-3-7-17(16)18/h3-4,7-8,10,12,16H,5-6,9,11,13-14H2,1-2H3,(H,25,27)(H2,21,23,24). The van der Waals surface area contributed by atoms with E-state index in [2.05, 4.69) is 36.6 Å². The van der Waals surface area contributed by atoms with Gasteiger partial charge in [-0.15, -0.1) is 0 Å². The van der Waals surface area contributed by atoms with Gasteiger partial charge in [0.15, 0.2) is 5.96 Å². The Bertz CT molecular complexity index is 797. The van der Waals surface area contributed by atoms with Crippen molar-refractivity contribution in [2.75, 3.05) is 25.5 Å². The number of carbonyl (C=O) groups excluding carboxylic acids is 1. The first-order valence-electron chi connectivity index (χ1n) is 9.48. The first kappa shape index (κ1) is 18.9. The summed E-state index contributed by atoms with van der Waals surface area (Å²) in [5.41, 5.74) is 2.09. The Labute approximate surface area is 160 Å². The van der Waals surface area contributed by atoms with Crippen LogP contribution in [0.25, 0.3) is 0 Å². The number of fused-ring (bicyclic) bond motifs is 1. The Morgan fingerprint density at radius 2 is 2.19 bits per heavy atom. The third-order valence-corrected chi connectivity index (χ3v) is 4.89. The summed E-state index contributed by atoms with van der Waals surface area (Å²) in [6.07, 6.45) is 6.47. The van der Waals surface area contributed by atoms with Gasteiger partial charge in [-0.25, -0.2) is 4.98 Å². The van der Waals surface area contributed by atoms with Gasteiger partial charge < -0.3 is 20.5 Å². The van der Waals surface area contributed by atoms with E-state index in [-0.39, 0.29) is 11.8 Å². The van der Waals surface area contributed by atoms with Crippen LogP contribution in [0.15, 0.2) is 41.7 Å². The molecule has 2 heterocycles. The SMILES string of the molecule is CN=C(NCCCCn1ccnc1C)NCC1CC(=O)Nc2ccccc21. The van der Waals surface area contributed by atoms with E-state index < -0.39 is 0 Å². The van der Waals surface area contributed by atoms with Crippen LogP contribution in [0.2, 0.25) is 0 Å². The van der Waals surface area contributed by atoms with Gasteiger partial charge in [-0.05, 0) is 31.4 Å². The smallest absolute Gasteiger partial charge is 0.225 e. The summed E-state index contributed by atoms with van der Waals surface area (Å²) in [6, 6.07) is 7.99. The fourth-order valence-electron chi connectivity index (χ4n) is 3.38. The molecule has 0 radical (unpaired) electrons. The zero-order valence-electron chi connectivity index (χ0n) is 16.0. The molecule has 27 heavy (non-hydrogen) atoms. The number of hydrogen-bond acceptors (Lipinski definition) is 3. The van der Waals surface area contributed by atoms with Gasteiger partial charge >= 0.3 is 0 Å². The van der Waals surface area contributed by atoms with Crippen molar-refractivity contribution in [1.29, 1.82) is 0 Å². The first-order chi connectivity index (χ1) is 13.2. The lowest BCUT2D eigenvalue weighted by molar-refractivity contribution is -0.116. The fraction of sp³-hybridized carbons (Fsp3) is 0.450. The van der Waals surface area contributed by atoms with Crippen LogP contribution < -0.4 is 16.0 Å². The monoisotopic (exact) mass is 368 g/mol. The van der Waals surface area contributed by atoms with Crippen molar-refractivity contribution < 1.29 is 4.79 Å². The van der Waals surface area contributed by atoms with Crippen molar-refractivity contribution in [3.8, 4) is 0 Å². The molecule has 1 unspecified atom stereocenters. The lowest BCUT2D eigenvalue weighted by Gasteiger charge is -2.26. The third kappa shape index (κ3) is 5.09. The lowest BCUT2D eigenvalue weighted by atomic mass is 9.90. The molecule has 1 aromatic carbocycles. The highest BCUT2D eigenvalue weighted by Gasteiger charge is 2.24. The summed E-state index contributed by atoms with van der Waals surface area (Å²) >= 11 is 0. The Balaban J connectivity index is 1.42. The second-order valence-electron chi connectivity index (χ2n) is 6.79. The topological polar surface area (TPSA) is 83.3 Å². The number of rotatable bonds is 7. The van der Waals surface area contributed by atoms with E-state index in [0.717, 1.165) is 43.4 Å². The van der Waals surface area contributed by atoms with Crippen LogP contribution >= 0.6 is 0 Å². The summed E-state index contributed by atoms with van der Waals surface area (Å²) in [5.74, 6) is 2.05. The quantitative estimate of drug-likeness (QED) is 0.398. The number of imidazole rings is 1. The molecule has 1 aliphatic rings. The second kappa shape index (κ2) is 9.21. The summed E-state index contributed by atoms with van der Waals surface area (Å²) in [6.45, 7) is 4.54. The molecule has 1 amide bonds. The van der Waals surface area contributed by atoms with Crippen LogP contribution in [0.4, 0.5) is 5.69 Å². The van der Waals surface area contributed by atoms with E-state index >= 15 is 0 Å². The summed E-state index contributed by atoms with van der Waals surface area (Å²) in [7, 11) is 1.77. The van der Waals surface area contributed by atoms with E-state index in [0.29, 0.717) is 13.0 Å². The summed E-state index contributed by atoms with van der Waals surface area (Å²) in [4.78, 5) is 20.4. The van der Waals surface area contributed by atoms with Gasteiger partial charge in [0.05, 0.1) is 0 Å². The number of aryl methyl sites for hydroxylation is 2. The predicted molar refractivity (Wildman–Crippen MR) is 108 cm³/mol. The minimum absolute atomic E-state index is 0.0678. The maximum absolute atomic E-state index is 11.9. The summed E-state index contributed by atoms with van der Waals surface area (Å²) in [5, 5.41) is 9.65. The van der Waals surface area contributed by atoms with Crippen LogP contribution in [0, 0.1) is 6.92 Å². The Morgan fingerprint density at radius 3 is 2.96 bits per heavy atom. The molecule has 1 aromatic heterocycles. The highest BCUT2D eigenvalue weighted by atomic mass is 16.1. The number of amides is 1. The minimum Gasteiger partial charge on any atom is -0.356 e. The van der Waals surface area contributed by atoms with Crippen molar-refractivity contribution in [2.45, 2.75) is 38.6 Å². The maximum Gasteiger partial charge on any atom is 0.225 e. The number of benzene rings is 1. The highest BCUT2D eigenvalue weighted by molar-refractivity contribution is 5.94. The Hall–Kier alpha value is -2.83. The number of nitrogens with zero attached hydrogens (tertiary/aromatic N) is 3. The molecule has 0 fully saturated rings. The molecule has 0 saturated carbocycles. The molecule has 3 rings (SSSR count). The zero-order chi connectivity index (χ0) is 19.1. The number of hydrogen-bond donors (Lipinski definition) is 3. The number of anilines is 1. The molecule has 144 valence electrons. The van der Waals surface area contributed by atoms with E-state index in [1.807, 2.05) is 37.5 Å². The predicted octanol–water partition coefficient (Wildman–Crippen LogP) is 2.26. The van der Waals surface area contributed by atoms with Crippen molar-refractivity contribution in [3.63, 3.8) is 0 Å². The van der Waals surface area contributed by atoms with Crippen LogP contribution in [0.3, 0.4) is 0 Å². The number of carbonyl (C=O) groups is 1. The highest BCUT2D eigenvalue weighted by Crippen LogP contribution is 2.31. The number of aliphatic imine (C=N–C) groups is 1. The largest absolute Gasteiger partial charge is 0.356 e. The number of guanidine groups is 1. The molecule has 2 aromatic rings. The Morgan fingerprint density at radius 1 is 1.33 bits per heavy atom. The molecule has 7 heteroatoms. The molecule has 0 bridgehead atoms. The van der Waals surface area contributed by atoms with Crippen molar-refractivity contribution in [3.05, 3.63) is 48.0 Å². The number of aromatic nitrogens is 2. The molecule has 7 nitrogen and oxygen atoms in total. The number of unbranched alkanes of at least 4 members (excludes halogenated alkanes) is 1. The van der Waals surface area contributed by atoms with Crippen molar-refractivity contribution in [2.24, 2.45) is 4.99 Å².